The van der Waals surface area contributed by atoms with Gasteiger partial charge in [0.15, 0.2) is 0 Å². The summed E-state index contributed by atoms with van der Waals surface area (Å²) in [6, 6.07) is 0. The van der Waals surface area contributed by atoms with Crippen molar-refractivity contribution < 1.29 is 13.2 Å². The van der Waals surface area contributed by atoms with Gasteiger partial charge in [0.05, 0.1) is 17.9 Å². The van der Waals surface area contributed by atoms with E-state index in [0.29, 0.717) is 31.7 Å². The summed E-state index contributed by atoms with van der Waals surface area (Å²) in [6.07, 6.45) is -2.70. The molecule has 0 radical (unpaired) electrons. The molecule has 0 saturated carbocycles. The van der Waals surface area contributed by atoms with E-state index >= 15 is 0 Å². The van der Waals surface area contributed by atoms with E-state index in [1.54, 1.807) is 0 Å². The van der Waals surface area contributed by atoms with Crippen molar-refractivity contribution in [1.29, 1.82) is 0 Å². The van der Waals surface area contributed by atoms with Crippen LogP contribution in [-0.2, 0) is 32.7 Å². The highest BCUT2D eigenvalue weighted by Crippen LogP contribution is 2.28. The van der Waals surface area contributed by atoms with Gasteiger partial charge in [-0.05, 0) is 13.8 Å². The topological polar surface area (TPSA) is 46.8 Å². The molecule has 0 aliphatic carbocycles. The Morgan fingerprint density at radius 1 is 1.22 bits per heavy atom. The molecule has 2 aromatic rings. The number of rotatable bonds is 2. The summed E-state index contributed by atoms with van der Waals surface area (Å²) in [5.74, 6) is -0.101. The Labute approximate surface area is 132 Å². The lowest BCUT2D eigenvalue weighted by Gasteiger charge is -2.27. The zero-order valence-electron chi connectivity index (χ0n) is 13.3. The third-order valence-corrected chi connectivity index (χ3v) is 4.34. The SMILES string of the molecule is Cc1nc(CN2CCc3nc(C(F)(F)F)ncc3C2)n(C)c1C. The van der Waals surface area contributed by atoms with Crippen molar-refractivity contribution in [2.45, 2.75) is 39.5 Å². The minimum absolute atomic E-state index is 0.489. The molecule has 0 unspecified atom stereocenters. The normalized spacial score (nSPS) is 15.7. The van der Waals surface area contributed by atoms with Crippen LogP contribution in [0.3, 0.4) is 0 Å². The van der Waals surface area contributed by atoms with Crippen LogP contribution in [0, 0.1) is 13.8 Å². The van der Waals surface area contributed by atoms with Crippen molar-refractivity contribution in [1.82, 2.24) is 24.4 Å². The first kappa shape index (κ1) is 15.9. The van der Waals surface area contributed by atoms with Crippen LogP contribution in [0.25, 0.3) is 0 Å². The molecular weight excluding hydrogens is 307 g/mol. The molecule has 23 heavy (non-hydrogen) atoms. The number of aromatic nitrogens is 4. The van der Waals surface area contributed by atoms with Crippen molar-refractivity contribution in [2.75, 3.05) is 6.54 Å². The fraction of sp³-hybridized carbons (Fsp3) is 0.533. The molecule has 0 fully saturated rings. The van der Waals surface area contributed by atoms with Crippen LogP contribution in [0.15, 0.2) is 6.20 Å². The lowest BCUT2D eigenvalue weighted by Crippen LogP contribution is -2.32. The van der Waals surface area contributed by atoms with Gasteiger partial charge in [0, 0.05) is 44.0 Å². The van der Waals surface area contributed by atoms with Crippen LogP contribution >= 0.6 is 0 Å². The highest BCUT2D eigenvalue weighted by molar-refractivity contribution is 5.21. The molecule has 1 aliphatic rings. The number of fused-ring (bicyclic) bond motifs is 1. The number of alkyl halides is 3. The lowest BCUT2D eigenvalue weighted by atomic mass is 10.1. The van der Waals surface area contributed by atoms with E-state index in [9.17, 15) is 13.2 Å². The van der Waals surface area contributed by atoms with E-state index < -0.39 is 12.0 Å². The second-order valence-corrected chi connectivity index (χ2v) is 5.88. The van der Waals surface area contributed by atoms with Crippen molar-refractivity contribution in [3.8, 4) is 0 Å². The third kappa shape index (κ3) is 3.08. The van der Waals surface area contributed by atoms with Crippen LogP contribution in [0.2, 0.25) is 0 Å². The Kier molecular flexibility index (Phi) is 3.87. The molecule has 0 N–H and O–H groups in total. The zero-order chi connectivity index (χ0) is 16.8. The largest absolute Gasteiger partial charge is 0.451 e. The predicted octanol–water partition coefficient (Wildman–Crippen LogP) is 2.40. The van der Waals surface area contributed by atoms with Gasteiger partial charge in [0.25, 0.3) is 0 Å². The average Bonchev–Trinajstić information content (AvgIpc) is 2.73. The van der Waals surface area contributed by atoms with Gasteiger partial charge < -0.3 is 4.57 Å². The van der Waals surface area contributed by atoms with E-state index in [1.807, 2.05) is 25.5 Å². The maximum Gasteiger partial charge on any atom is 0.451 e. The highest BCUT2D eigenvalue weighted by Gasteiger charge is 2.35. The minimum atomic E-state index is -4.49. The lowest BCUT2D eigenvalue weighted by molar-refractivity contribution is -0.145. The number of hydrogen-bond donors (Lipinski definition) is 0. The Morgan fingerprint density at radius 2 is 1.96 bits per heavy atom. The second kappa shape index (κ2) is 5.59. The summed E-state index contributed by atoms with van der Waals surface area (Å²) in [5.41, 5.74) is 3.37. The van der Waals surface area contributed by atoms with E-state index in [0.717, 1.165) is 22.8 Å². The molecule has 0 saturated heterocycles. The molecule has 3 rings (SSSR count). The van der Waals surface area contributed by atoms with Crippen LogP contribution in [0.4, 0.5) is 13.2 Å². The van der Waals surface area contributed by atoms with Crippen molar-refractivity contribution in [2.24, 2.45) is 7.05 Å². The molecule has 8 heteroatoms. The molecule has 5 nitrogen and oxygen atoms in total. The number of nitrogens with zero attached hydrogens (tertiary/aromatic N) is 5. The summed E-state index contributed by atoms with van der Waals surface area (Å²) < 4.78 is 40.0. The first-order valence-corrected chi connectivity index (χ1v) is 7.39. The molecule has 3 heterocycles. The standard InChI is InChI=1S/C15H18F3N5/c1-9-10(2)22(3)13(20-9)8-23-5-4-12-11(7-23)6-19-14(21-12)15(16,17)18/h6H,4-5,7-8H2,1-3H3. The summed E-state index contributed by atoms with van der Waals surface area (Å²) in [7, 11) is 1.97. The van der Waals surface area contributed by atoms with Gasteiger partial charge in [-0.15, -0.1) is 0 Å². The Hall–Kier alpha value is -1.96. The summed E-state index contributed by atoms with van der Waals surface area (Å²) in [6.45, 7) is 5.84. The molecule has 124 valence electrons. The minimum Gasteiger partial charge on any atom is -0.334 e. The first-order valence-electron chi connectivity index (χ1n) is 7.39. The zero-order valence-corrected chi connectivity index (χ0v) is 13.3. The van der Waals surface area contributed by atoms with Gasteiger partial charge in [-0.25, -0.2) is 15.0 Å². The fourth-order valence-electron chi connectivity index (χ4n) is 2.77. The van der Waals surface area contributed by atoms with Crippen molar-refractivity contribution in [3.63, 3.8) is 0 Å². The Bertz CT molecular complexity index is 735. The average molecular weight is 325 g/mol. The summed E-state index contributed by atoms with van der Waals surface area (Å²) >= 11 is 0. The van der Waals surface area contributed by atoms with E-state index in [2.05, 4.69) is 19.9 Å². The van der Waals surface area contributed by atoms with E-state index in [-0.39, 0.29) is 0 Å². The second-order valence-electron chi connectivity index (χ2n) is 5.88. The van der Waals surface area contributed by atoms with Gasteiger partial charge in [0.2, 0.25) is 5.82 Å². The molecule has 0 spiro atoms. The summed E-state index contributed by atoms with van der Waals surface area (Å²) in [5, 5.41) is 0. The van der Waals surface area contributed by atoms with Crippen molar-refractivity contribution >= 4 is 0 Å². The van der Waals surface area contributed by atoms with Crippen LogP contribution in [-0.4, -0.2) is 31.0 Å². The smallest absolute Gasteiger partial charge is 0.334 e. The maximum atomic E-state index is 12.7. The van der Waals surface area contributed by atoms with Gasteiger partial charge in [-0.2, -0.15) is 13.2 Å². The molecule has 1 aliphatic heterocycles. The number of halogens is 3. The maximum absolute atomic E-state index is 12.7. The quantitative estimate of drug-likeness (QED) is 0.851. The summed E-state index contributed by atoms with van der Waals surface area (Å²) in [4.78, 5) is 13.8. The number of hydrogen-bond acceptors (Lipinski definition) is 4. The Morgan fingerprint density at radius 3 is 2.57 bits per heavy atom. The molecule has 0 aromatic carbocycles. The van der Waals surface area contributed by atoms with Crippen LogP contribution in [0.5, 0.6) is 0 Å². The number of aryl methyl sites for hydroxylation is 1. The molecule has 0 amide bonds. The monoisotopic (exact) mass is 325 g/mol. The van der Waals surface area contributed by atoms with Crippen LogP contribution in [0.1, 0.15) is 34.3 Å². The molecule has 2 aromatic heterocycles. The highest BCUT2D eigenvalue weighted by atomic mass is 19.4. The first-order chi connectivity index (χ1) is 10.8. The Balaban J connectivity index is 1.77. The van der Waals surface area contributed by atoms with E-state index in [1.165, 1.54) is 6.20 Å². The fourth-order valence-corrected chi connectivity index (χ4v) is 2.77. The van der Waals surface area contributed by atoms with Crippen molar-refractivity contribution in [3.05, 3.63) is 40.5 Å². The van der Waals surface area contributed by atoms with Gasteiger partial charge in [-0.1, -0.05) is 0 Å². The van der Waals surface area contributed by atoms with E-state index in [4.69, 9.17) is 0 Å². The third-order valence-electron chi connectivity index (χ3n) is 4.34. The van der Waals surface area contributed by atoms with Gasteiger partial charge in [0.1, 0.15) is 5.82 Å². The molecule has 0 atom stereocenters. The van der Waals surface area contributed by atoms with Gasteiger partial charge in [-0.3, -0.25) is 4.90 Å². The number of imidazole rings is 1. The van der Waals surface area contributed by atoms with Gasteiger partial charge >= 0.3 is 6.18 Å². The predicted molar refractivity (Wildman–Crippen MR) is 77.5 cm³/mol. The van der Waals surface area contributed by atoms with Crippen LogP contribution < -0.4 is 0 Å². The molecular formula is C15H18F3N5. The molecule has 0 bridgehead atoms.